The van der Waals surface area contributed by atoms with E-state index in [0.29, 0.717) is 5.60 Å². The minimum atomic E-state index is 0.299. The largest absolute Gasteiger partial charge is 0.375 e. The highest BCUT2D eigenvalue weighted by Gasteiger charge is 2.43. The Morgan fingerprint density at radius 2 is 2.06 bits per heavy atom. The quantitative estimate of drug-likeness (QED) is 0.838. The van der Waals surface area contributed by atoms with Crippen LogP contribution in [0, 0.1) is 0 Å². The lowest BCUT2D eigenvalue weighted by molar-refractivity contribution is -0.136. The summed E-state index contributed by atoms with van der Waals surface area (Å²) in [4.78, 5) is 0. The van der Waals surface area contributed by atoms with E-state index in [1.54, 1.807) is 0 Å². The molecule has 2 saturated carbocycles. The van der Waals surface area contributed by atoms with Crippen LogP contribution < -0.4 is 5.32 Å². The molecule has 1 heterocycles. The molecule has 3 rings (SSSR count). The average Bonchev–Trinajstić information content (AvgIpc) is 2.75. The van der Waals surface area contributed by atoms with Crippen LogP contribution in [0.3, 0.4) is 0 Å². The molecule has 0 bridgehead atoms. The van der Waals surface area contributed by atoms with Gasteiger partial charge in [-0.3, -0.25) is 0 Å². The summed E-state index contributed by atoms with van der Waals surface area (Å²) in [5.74, 6) is 0. The van der Waals surface area contributed by atoms with Gasteiger partial charge in [0, 0.05) is 23.9 Å². The molecule has 3 fully saturated rings. The first kappa shape index (κ1) is 12.3. The van der Waals surface area contributed by atoms with E-state index in [1.165, 1.54) is 51.4 Å². The SMILES string of the molecule is CSC1CCC(NC2CCOC3(CCC3)C2)C1. The summed E-state index contributed by atoms with van der Waals surface area (Å²) in [6.45, 7) is 0.982. The van der Waals surface area contributed by atoms with Crippen molar-refractivity contribution in [3.8, 4) is 0 Å². The molecular weight excluding hydrogens is 230 g/mol. The van der Waals surface area contributed by atoms with E-state index in [1.807, 2.05) is 11.8 Å². The second kappa shape index (κ2) is 5.10. The van der Waals surface area contributed by atoms with Crippen LogP contribution in [0.2, 0.25) is 0 Å². The van der Waals surface area contributed by atoms with Crippen LogP contribution in [0.15, 0.2) is 0 Å². The molecule has 1 saturated heterocycles. The van der Waals surface area contributed by atoms with E-state index < -0.39 is 0 Å². The van der Waals surface area contributed by atoms with Crippen molar-refractivity contribution in [1.82, 2.24) is 5.32 Å². The first-order valence-electron chi connectivity index (χ1n) is 7.22. The minimum absolute atomic E-state index is 0.299. The van der Waals surface area contributed by atoms with Crippen LogP contribution in [0.1, 0.15) is 51.4 Å². The zero-order chi connectivity index (χ0) is 11.7. The van der Waals surface area contributed by atoms with E-state index in [9.17, 15) is 0 Å². The van der Waals surface area contributed by atoms with Gasteiger partial charge in [0.15, 0.2) is 0 Å². The van der Waals surface area contributed by atoms with Crippen LogP contribution in [0.5, 0.6) is 0 Å². The Hall–Kier alpha value is 0.270. The molecule has 1 N–H and O–H groups in total. The molecule has 0 amide bonds. The molecule has 0 aromatic carbocycles. The molecule has 2 nitrogen and oxygen atoms in total. The molecule has 1 aliphatic heterocycles. The first-order chi connectivity index (χ1) is 8.30. The topological polar surface area (TPSA) is 21.3 Å². The fourth-order valence-corrected chi connectivity index (χ4v) is 4.53. The van der Waals surface area contributed by atoms with Crippen LogP contribution in [0.25, 0.3) is 0 Å². The molecular formula is C14H25NOS. The van der Waals surface area contributed by atoms with Crippen molar-refractivity contribution in [2.24, 2.45) is 0 Å². The Morgan fingerprint density at radius 3 is 2.71 bits per heavy atom. The predicted octanol–water partition coefficient (Wildman–Crippen LogP) is 2.96. The Bertz CT molecular complexity index is 267. The molecule has 0 aromatic heterocycles. The summed E-state index contributed by atoms with van der Waals surface area (Å²) < 4.78 is 5.99. The molecule has 17 heavy (non-hydrogen) atoms. The van der Waals surface area contributed by atoms with E-state index in [4.69, 9.17) is 4.74 Å². The fourth-order valence-electron chi connectivity index (χ4n) is 3.73. The zero-order valence-corrected chi connectivity index (χ0v) is 11.7. The molecule has 2 aliphatic carbocycles. The molecule has 1 spiro atoms. The van der Waals surface area contributed by atoms with E-state index in [2.05, 4.69) is 11.6 Å². The Morgan fingerprint density at radius 1 is 1.18 bits per heavy atom. The minimum Gasteiger partial charge on any atom is -0.375 e. The van der Waals surface area contributed by atoms with E-state index in [0.717, 1.165) is 23.9 Å². The maximum Gasteiger partial charge on any atom is 0.0697 e. The van der Waals surface area contributed by atoms with Gasteiger partial charge in [0.05, 0.1) is 5.60 Å². The predicted molar refractivity (Wildman–Crippen MR) is 73.6 cm³/mol. The number of ether oxygens (including phenoxy) is 1. The smallest absolute Gasteiger partial charge is 0.0697 e. The normalized spacial score (nSPS) is 40.4. The Labute approximate surface area is 109 Å². The van der Waals surface area contributed by atoms with Gasteiger partial charge in [0.1, 0.15) is 0 Å². The van der Waals surface area contributed by atoms with Gasteiger partial charge >= 0.3 is 0 Å². The number of hydrogen-bond donors (Lipinski definition) is 1. The molecule has 0 aromatic rings. The third-order valence-corrected chi connectivity index (χ3v) is 6.04. The van der Waals surface area contributed by atoms with Crippen LogP contribution in [0.4, 0.5) is 0 Å². The van der Waals surface area contributed by atoms with Crippen molar-refractivity contribution >= 4 is 11.8 Å². The maximum atomic E-state index is 5.99. The van der Waals surface area contributed by atoms with Crippen LogP contribution in [-0.2, 0) is 4.74 Å². The van der Waals surface area contributed by atoms with E-state index in [-0.39, 0.29) is 0 Å². The Balaban J connectivity index is 1.48. The van der Waals surface area contributed by atoms with Crippen LogP contribution in [-0.4, -0.2) is 35.8 Å². The molecule has 3 unspecified atom stereocenters. The van der Waals surface area contributed by atoms with Gasteiger partial charge in [-0.15, -0.1) is 0 Å². The molecule has 3 atom stereocenters. The van der Waals surface area contributed by atoms with Gasteiger partial charge in [-0.05, 0) is 57.6 Å². The lowest BCUT2D eigenvalue weighted by Gasteiger charge is -2.47. The van der Waals surface area contributed by atoms with Gasteiger partial charge in [-0.25, -0.2) is 0 Å². The Kier molecular flexibility index (Phi) is 3.69. The van der Waals surface area contributed by atoms with E-state index >= 15 is 0 Å². The van der Waals surface area contributed by atoms with Crippen molar-refractivity contribution in [3.05, 3.63) is 0 Å². The average molecular weight is 255 g/mol. The summed E-state index contributed by atoms with van der Waals surface area (Å²) >= 11 is 2.05. The second-order valence-corrected chi connectivity index (χ2v) is 7.25. The third-order valence-electron chi connectivity index (χ3n) is 4.95. The van der Waals surface area contributed by atoms with Crippen molar-refractivity contribution in [2.75, 3.05) is 12.9 Å². The number of rotatable bonds is 3. The van der Waals surface area contributed by atoms with Crippen molar-refractivity contribution in [2.45, 2.75) is 74.3 Å². The van der Waals surface area contributed by atoms with Gasteiger partial charge in [-0.1, -0.05) is 0 Å². The molecule has 0 radical (unpaired) electrons. The number of hydrogen-bond acceptors (Lipinski definition) is 3. The summed E-state index contributed by atoms with van der Waals surface area (Å²) in [5.41, 5.74) is 0.299. The molecule has 3 aliphatic rings. The summed E-state index contributed by atoms with van der Waals surface area (Å²) in [6.07, 6.45) is 12.9. The number of thioether (sulfide) groups is 1. The highest BCUT2D eigenvalue weighted by Crippen LogP contribution is 2.42. The fraction of sp³-hybridized carbons (Fsp3) is 1.00. The summed E-state index contributed by atoms with van der Waals surface area (Å²) in [5, 5.41) is 4.82. The lowest BCUT2D eigenvalue weighted by Crippen LogP contribution is -2.52. The monoisotopic (exact) mass is 255 g/mol. The molecule has 98 valence electrons. The zero-order valence-electron chi connectivity index (χ0n) is 10.9. The highest BCUT2D eigenvalue weighted by atomic mass is 32.2. The van der Waals surface area contributed by atoms with Crippen molar-refractivity contribution in [1.29, 1.82) is 0 Å². The summed E-state index contributed by atoms with van der Waals surface area (Å²) in [7, 11) is 0. The standard InChI is InChI=1S/C14H25NOS/c1-17-13-4-3-11(9-13)15-12-5-8-16-14(10-12)6-2-7-14/h11-13,15H,2-10H2,1H3. The number of nitrogens with one attached hydrogen (secondary N) is 1. The molecule has 3 heteroatoms. The van der Waals surface area contributed by atoms with Gasteiger partial charge in [0.2, 0.25) is 0 Å². The third kappa shape index (κ3) is 2.66. The van der Waals surface area contributed by atoms with Crippen molar-refractivity contribution < 1.29 is 4.74 Å². The van der Waals surface area contributed by atoms with Gasteiger partial charge in [-0.2, -0.15) is 11.8 Å². The summed E-state index contributed by atoms with van der Waals surface area (Å²) in [6, 6.07) is 1.52. The van der Waals surface area contributed by atoms with Gasteiger partial charge < -0.3 is 10.1 Å². The maximum absolute atomic E-state index is 5.99. The van der Waals surface area contributed by atoms with Crippen molar-refractivity contribution in [3.63, 3.8) is 0 Å². The van der Waals surface area contributed by atoms with Crippen LogP contribution >= 0.6 is 11.8 Å². The highest BCUT2D eigenvalue weighted by molar-refractivity contribution is 7.99. The van der Waals surface area contributed by atoms with Gasteiger partial charge in [0.25, 0.3) is 0 Å². The lowest BCUT2D eigenvalue weighted by atomic mass is 9.74. The second-order valence-electron chi connectivity index (χ2n) is 6.11. The first-order valence-corrected chi connectivity index (χ1v) is 8.51.